The van der Waals surface area contributed by atoms with E-state index in [1.54, 1.807) is 32.9 Å². The molecule has 3 amide bonds. The van der Waals surface area contributed by atoms with Crippen molar-refractivity contribution in [3.63, 3.8) is 0 Å². The van der Waals surface area contributed by atoms with E-state index in [2.05, 4.69) is 23.3 Å². The zero-order chi connectivity index (χ0) is 25.8. The fourth-order valence-corrected chi connectivity index (χ4v) is 3.41. The number of benzene rings is 1. The van der Waals surface area contributed by atoms with Crippen LogP contribution in [-0.4, -0.2) is 56.4 Å². The number of phenolic OH excluding ortho intramolecular Hbond substituents is 1. The monoisotopic (exact) mass is 481 g/mol. The largest absolute Gasteiger partial charge is 0.508 e. The van der Waals surface area contributed by atoms with E-state index in [0.717, 1.165) is 0 Å². The average Bonchev–Trinajstić information content (AvgIpc) is 2.60. The molecule has 0 spiro atoms. The number of nitrogens with zero attached hydrogens (tertiary/aromatic N) is 1. The van der Waals surface area contributed by atoms with Crippen molar-refractivity contribution in [1.29, 1.82) is 0 Å². The Balaban J connectivity index is 3.48. The van der Waals surface area contributed by atoms with Gasteiger partial charge in [0.2, 0.25) is 11.8 Å². The lowest BCUT2D eigenvalue weighted by Crippen LogP contribution is -2.60. The molecule has 1 aromatic rings. The molecular formula is C24H39N3O5S. The molecule has 186 valence electrons. The fourth-order valence-electron chi connectivity index (χ4n) is 3.16. The molecule has 0 saturated heterocycles. The number of hydrogen-bond acceptors (Lipinski definition) is 6. The Morgan fingerprint density at radius 3 is 1.91 bits per heavy atom. The number of aromatic hydroxyl groups is 1. The number of nitrogens with one attached hydrogen (secondary N) is 2. The Morgan fingerprint density at radius 1 is 1.00 bits per heavy atom. The van der Waals surface area contributed by atoms with Crippen molar-refractivity contribution >= 4 is 30.5 Å². The highest BCUT2D eigenvalue weighted by molar-refractivity contribution is 7.80. The molecule has 0 radical (unpaired) electrons. The maximum atomic E-state index is 13.8. The summed E-state index contributed by atoms with van der Waals surface area (Å²) in [7, 11) is 0. The van der Waals surface area contributed by atoms with Crippen LogP contribution >= 0.6 is 12.6 Å². The van der Waals surface area contributed by atoms with E-state index < -0.39 is 40.8 Å². The molecule has 2 unspecified atom stereocenters. The van der Waals surface area contributed by atoms with Crippen molar-refractivity contribution in [1.82, 2.24) is 15.5 Å². The van der Waals surface area contributed by atoms with Crippen molar-refractivity contribution in [2.75, 3.05) is 5.75 Å². The molecule has 0 aliphatic carbocycles. The number of carbonyl (C=O) groups excluding carboxylic acids is 3. The lowest BCUT2D eigenvalue weighted by molar-refractivity contribution is -0.148. The topological polar surface area (TPSA) is 108 Å². The molecule has 0 aromatic heterocycles. The Kier molecular flexibility index (Phi) is 9.25. The summed E-state index contributed by atoms with van der Waals surface area (Å²) in [6, 6.07) is 4.10. The molecular weight excluding hydrogens is 442 g/mol. The van der Waals surface area contributed by atoms with Crippen LogP contribution in [0.2, 0.25) is 0 Å². The quantitative estimate of drug-likeness (QED) is 0.462. The Labute approximate surface area is 202 Å². The van der Waals surface area contributed by atoms with Crippen molar-refractivity contribution < 1.29 is 24.2 Å². The van der Waals surface area contributed by atoms with Crippen LogP contribution in [-0.2, 0) is 14.3 Å². The summed E-state index contributed by atoms with van der Waals surface area (Å²) in [5.41, 5.74) is -1.56. The maximum Gasteiger partial charge on any atom is 0.408 e. The van der Waals surface area contributed by atoms with Crippen LogP contribution in [0.25, 0.3) is 0 Å². The Morgan fingerprint density at radius 2 is 1.52 bits per heavy atom. The molecule has 3 N–H and O–H groups in total. The number of alkyl carbamates (subject to hydrolysis) is 1. The number of rotatable bonds is 6. The van der Waals surface area contributed by atoms with Crippen LogP contribution in [0.15, 0.2) is 24.3 Å². The van der Waals surface area contributed by atoms with Gasteiger partial charge in [-0.15, -0.1) is 0 Å². The minimum atomic E-state index is -1.02. The summed E-state index contributed by atoms with van der Waals surface area (Å²) in [4.78, 5) is 41.0. The third kappa shape index (κ3) is 9.15. The van der Waals surface area contributed by atoms with E-state index in [0.29, 0.717) is 5.56 Å². The first-order valence-corrected chi connectivity index (χ1v) is 11.5. The molecule has 2 atom stereocenters. The standard InChI is InChI=1S/C24H39N3O5S/c1-22(2,3)26-19(29)18(15-10-12-16(28)13-11-15)27(23(4,5)6)20(30)17(14-33)25-21(31)32-24(7,8)9/h10-13,17-18,28,33H,14H2,1-9H3,(H,25,31)(H,26,29). The summed E-state index contributed by atoms with van der Waals surface area (Å²) in [6.07, 6.45) is -0.746. The first-order chi connectivity index (χ1) is 14.9. The van der Waals surface area contributed by atoms with Gasteiger partial charge in [-0.2, -0.15) is 12.6 Å². The number of hydrogen-bond donors (Lipinski definition) is 4. The molecule has 8 nitrogen and oxygen atoms in total. The van der Waals surface area contributed by atoms with Gasteiger partial charge < -0.3 is 25.4 Å². The summed E-state index contributed by atoms with van der Waals surface area (Å²) >= 11 is 4.27. The zero-order valence-electron chi connectivity index (χ0n) is 21.1. The first-order valence-electron chi connectivity index (χ1n) is 10.9. The van der Waals surface area contributed by atoms with Crippen molar-refractivity contribution in [2.45, 2.75) is 91.1 Å². The highest BCUT2D eigenvalue weighted by Crippen LogP contribution is 2.31. The van der Waals surface area contributed by atoms with Crippen LogP contribution in [0.5, 0.6) is 5.75 Å². The summed E-state index contributed by atoms with van der Waals surface area (Å²) < 4.78 is 5.30. The van der Waals surface area contributed by atoms with Gasteiger partial charge in [-0.05, 0) is 80.0 Å². The number of phenols is 1. The zero-order valence-corrected chi connectivity index (χ0v) is 22.0. The number of carbonyl (C=O) groups is 3. The smallest absolute Gasteiger partial charge is 0.408 e. The van der Waals surface area contributed by atoms with Crippen LogP contribution in [0.1, 0.15) is 73.9 Å². The van der Waals surface area contributed by atoms with Gasteiger partial charge in [-0.1, -0.05) is 12.1 Å². The SMILES string of the molecule is CC(C)(C)NC(=O)C(c1ccc(O)cc1)N(C(=O)C(CS)NC(=O)OC(C)(C)C)C(C)(C)C. The van der Waals surface area contributed by atoms with Gasteiger partial charge >= 0.3 is 6.09 Å². The maximum absolute atomic E-state index is 13.8. The summed E-state index contributed by atoms with van der Waals surface area (Å²) in [5, 5.41) is 15.3. The molecule has 1 aromatic carbocycles. The highest BCUT2D eigenvalue weighted by atomic mass is 32.1. The van der Waals surface area contributed by atoms with E-state index in [4.69, 9.17) is 4.74 Å². The van der Waals surface area contributed by atoms with Crippen molar-refractivity contribution in [2.24, 2.45) is 0 Å². The second kappa shape index (κ2) is 10.7. The van der Waals surface area contributed by atoms with E-state index in [-0.39, 0.29) is 17.4 Å². The molecule has 0 saturated carbocycles. The van der Waals surface area contributed by atoms with Crippen LogP contribution in [0, 0.1) is 0 Å². The van der Waals surface area contributed by atoms with Crippen LogP contribution < -0.4 is 10.6 Å². The molecule has 0 aliphatic heterocycles. The molecule has 0 bridgehead atoms. The van der Waals surface area contributed by atoms with Crippen LogP contribution in [0.4, 0.5) is 4.79 Å². The van der Waals surface area contributed by atoms with Gasteiger partial charge in [-0.3, -0.25) is 9.59 Å². The number of amides is 3. The first kappa shape index (κ1) is 28.6. The Hall–Kier alpha value is -2.42. The van der Waals surface area contributed by atoms with Crippen molar-refractivity contribution in [3.05, 3.63) is 29.8 Å². The van der Waals surface area contributed by atoms with Gasteiger partial charge in [0.25, 0.3) is 0 Å². The van der Waals surface area contributed by atoms with Gasteiger partial charge in [0.05, 0.1) is 0 Å². The minimum Gasteiger partial charge on any atom is -0.508 e. The minimum absolute atomic E-state index is 0.00778. The van der Waals surface area contributed by atoms with Gasteiger partial charge in [0.1, 0.15) is 23.4 Å². The third-order valence-electron chi connectivity index (χ3n) is 4.35. The molecule has 0 fully saturated rings. The normalized spacial score (nSPS) is 14.1. The van der Waals surface area contributed by atoms with Crippen molar-refractivity contribution in [3.8, 4) is 5.75 Å². The second-order valence-electron chi connectivity index (χ2n) is 11.0. The van der Waals surface area contributed by atoms with Gasteiger partial charge in [-0.25, -0.2) is 4.79 Å². The van der Waals surface area contributed by atoms with E-state index in [9.17, 15) is 19.5 Å². The van der Waals surface area contributed by atoms with Crippen LogP contribution in [0.3, 0.4) is 0 Å². The van der Waals surface area contributed by atoms with E-state index >= 15 is 0 Å². The Bertz CT molecular complexity index is 836. The summed E-state index contributed by atoms with van der Waals surface area (Å²) in [6.45, 7) is 16.2. The average molecular weight is 482 g/mol. The number of ether oxygens (including phenoxy) is 1. The van der Waals surface area contributed by atoms with Gasteiger partial charge in [0, 0.05) is 16.8 Å². The second-order valence-corrected chi connectivity index (χ2v) is 11.4. The van der Waals surface area contributed by atoms with E-state index in [1.807, 2.05) is 41.5 Å². The van der Waals surface area contributed by atoms with Gasteiger partial charge in [0.15, 0.2) is 0 Å². The molecule has 0 aliphatic rings. The lowest BCUT2D eigenvalue weighted by atomic mass is 9.94. The predicted octanol–water partition coefficient (Wildman–Crippen LogP) is 3.80. The molecule has 33 heavy (non-hydrogen) atoms. The molecule has 0 heterocycles. The number of thiol groups is 1. The molecule has 1 rings (SSSR count). The third-order valence-corrected chi connectivity index (χ3v) is 4.71. The van der Waals surface area contributed by atoms with E-state index in [1.165, 1.54) is 17.0 Å². The lowest BCUT2D eigenvalue weighted by Gasteiger charge is -2.43. The molecule has 9 heteroatoms. The highest BCUT2D eigenvalue weighted by Gasteiger charge is 2.42. The summed E-state index contributed by atoms with van der Waals surface area (Å²) in [5.74, 6) is -0.812. The predicted molar refractivity (Wildman–Crippen MR) is 132 cm³/mol. The fraction of sp³-hybridized carbons (Fsp3) is 0.625.